The Balaban J connectivity index is 2.00. The number of esters is 1. The topological polar surface area (TPSA) is 80.6 Å². The van der Waals surface area contributed by atoms with Crippen molar-refractivity contribution in [2.75, 3.05) is 19.5 Å². The van der Waals surface area contributed by atoms with E-state index in [1.165, 1.54) is 26.6 Å². The molecule has 0 aliphatic heterocycles. The van der Waals surface area contributed by atoms with Crippen LogP contribution in [0, 0.1) is 12.3 Å². The molecule has 0 aliphatic rings. The van der Waals surface area contributed by atoms with Crippen LogP contribution in [0.2, 0.25) is 5.02 Å². The molecule has 29 heavy (non-hydrogen) atoms. The minimum atomic E-state index is -0.489. The van der Waals surface area contributed by atoms with Crippen molar-refractivity contribution in [3.8, 4) is 0 Å². The van der Waals surface area contributed by atoms with Crippen molar-refractivity contribution in [3.63, 3.8) is 0 Å². The van der Waals surface area contributed by atoms with Gasteiger partial charge < -0.3 is 19.5 Å². The monoisotopic (exact) mass is 414 g/mol. The molecular formula is C22H23ClN2O4. The highest BCUT2D eigenvalue weighted by molar-refractivity contribution is 6.30. The van der Waals surface area contributed by atoms with Gasteiger partial charge in [0.05, 0.1) is 20.5 Å². The molecule has 0 aliphatic carbocycles. The van der Waals surface area contributed by atoms with Gasteiger partial charge in [0.15, 0.2) is 0 Å². The van der Waals surface area contributed by atoms with E-state index in [0.717, 1.165) is 16.8 Å². The second-order valence-corrected chi connectivity index (χ2v) is 6.48. The molecule has 2 rings (SSSR count). The molecule has 0 bridgehead atoms. The zero-order valence-corrected chi connectivity index (χ0v) is 17.2. The molecule has 0 radical (unpaired) electrons. The average molecular weight is 415 g/mol. The first-order chi connectivity index (χ1) is 13.9. The number of ether oxygens (including phenoxy) is 3. The maximum atomic E-state index is 12.0. The molecule has 0 amide bonds. The third-order valence-electron chi connectivity index (χ3n) is 3.96. The minimum absolute atomic E-state index is 0.00536. The van der Waals surface area contributed by atoms with Crippen molar-refractivity contribution in [2.24, 2.45) is 0 Å². The summed E-state index contributed by atoms with van der Waals surface area (Å²) in [5.41, 5.74) is 3.55. The van der Waals surface area contributed by atoms with Gasteiger partial charge in [-0.1, -0.05) is 23.7 Å². The number of hydrogen-bond donors (Lipinski definition) is 2. The van der Waals surface area contributed by atoms with E-state index in [-0.39, 0.29) is 12.5 Å². The lowest BCUT2D eigenvalue weighted by Gasteiger charge is -2.12. The van der Waals surface area contributed by atoms with E-state index in [9.17, 15) is 4.79 Å². The highest BCUT2D eigenvalue weighted by Crippen LogP contribution is 2.22. The molecule has 152 valence electrons. The van der Waals surface area contributed by atoms with Gasteiger partial charge in [0.25, 0.3) is 0 Å². The number of halogens is 1. The molecule has 0 fully saturated rings. The second kappa shape index (κ2) is 10.9. The van der Waals surface area contributed by atoms with Crippen molar-refractivity contribution in [1.29, 1.82) is 5.41 Å². The normalized spacial score (nSPS) is 11.2. The molecule has 7 heteroatoms. The summed E-state index contributed by atoms with van der Waals surface area (Å²) in [7, 11) is 2.79. The summed E-state index contributed by atoms with van der Waals surface area (Å²) in [6, 6.07) is 12.8. The van der Waals surface area contributed by atoms with Crippen LogP contribution in [0.4, 0.5) is 5.69 Å². The third kappa shape index (κ3) is 6.69. The Morgan fingerprint density at radius 2 is 1.90 bits per heavy atom. The zero-order valence-electron chi connectivity index (χ0n) is 16.5. The Morgan fingerprint density at radius 1 is 1.17 bits per heavy atom. The summed E-state index contributed by atoms with van der Waals surface area (Å²) in [5.74, 6) is -0.494. The van der Waals surface area contributed by atoms with Crippen molar-refractivity contribution >= 4 is 34.7 Å². The summed E-state index contributed by atoms with van der Waals surface area (Å²) in [6.45, 7) is 2.07. The van der Waals surface area contributed by atoms with Crippen LogP contribution in [-0.4, -0.2) is 26.1 Å². The van der Waals surface area contributed by atoms with Gasteiger partial charge in [-0.25, -0.2) is 4.79 Å². The number of hydrogen-bond acceptors (Lipinski definition) is 6. The Kier molecular flexibility index (Phi) is 8.30. The van der Waals surface area contributed by atoms with Crippen molar-refractivity contribution < 1.29 is 19.0 Å². The van der Waals surface area contributed by atoms with E-state index in [1.807, 2.05) is 37.3 Å². The lowest BCUT2D eigenvalue weighted by atomic mass is 9.99. The molecular weight excluding hydrogens is 392 g/mol. The first-order valence-electron chi connectivity index (χ1n) is 8.75. The molecule has 0 heterocycles. The van der Waals surface area contributed by atoms with E-state index in [2.05, 4.69) is 5.32 Å². The molecule has 0 atom stereocenters. The van der Waals surface area contributed by atoms with Gasteiger partial charge in [-0.15, -0.1) is 0 Å². The van der Waals surface area contributed by atoms with Crippen LogP contribution >= 0.6 is 11.6 Å². The van der Waals surface area contributed by atoms with E-state index < -0.39 is 5.97 Å². The van der Waals surface area contributed by atoms with Crippen LogP contribution in [-0.2, 0) is 25.6 Å². The molecule has 2 aromatic carbocycles. The highest BCUT2D eigenvalue weighted by Gasteiger charge is 2.16. The van der Waals surface area contributed by atoms with Crippen molar-refractivity contribution in [2.45, 2.75) is 13.5 Å². The van der Waals surface area contributed by atoms with E-state index in [4.69, 9.17) is 31.2 Å². The van der Waals surface area contributed by atoms with Crippen LogP contribution in [0.15, 0.2) is 61.0 Å². The van der Waals surface area contributed by atoms with E-state index >= 15 is 0 Å². The van der Waals surface area contributed by atoms with Gasteiger partial charge in [-0.05, 0) is 53.9 Å². The summed E-state index contributed by atoms with van der Waals surface area (Å²) < 4.78 is 15.3. The van der Waals surface area contributed by atoms with Crippen molar-refractivity contribution in [3.05, 3.63) is 82.7 Å². The summed E-state index contributed by atoms with van der Waals surface area (Å²) >= 11 is 5.84. The van der Waals surface area contributed by atoms with Gasteiger partial charge in [0.1, 0.15) is 12.2 Å². The fourth-order valence-corrected chi connectivity index (χ4v) is 2.59. The summed E-state index contributed by atoms with van der Waals surface area (Å²) in [4.78, 5) is 12.0. The van der Waals surface area contributed by atoms with Crippen LogP contribution in [0.25, 0.3) is 5.57 Å². The quantitative estimate of drug-likeness (QED) is 0.210. The van der Waals surface area contributed by atoms with Gasteiger partial charge in [-0.2, -0.15) is 0 Å². The second-order valence-electron chi connectivity index (χ2n) is 6.05. The summed E-state index contributed by atoms with van der Waals surface area (Å²) in [5, 5.41) is 11.6. The van der Waals surface area contributed by atoms with E-state index in [1.54, 1.807) is 18.3 Å². The Morgan fingerprint density at radius 3 is 2.55 bits per heavy atom. The number of carbonyl (C=O) groups is 1. The van der Waals surface area contributed by atoms with E-state index in [0.29, 0.717) is 16.2 Å². The highest BCUT2D eigenvalue weighted by atomic mass is 35.5. The molecule has 0 saturated carbocycles. The lowest BCUT2D eigenvalue weighted by molar-refractivity contribution is -0.133. The van der Waals surface area contributed by atoms with Gasteiger partial charge in [-0.3, -0.25) is 5.41 Å². The predicted octanol–water partition coefficient (Wildman–Crippen LogP) is 4.93. The Hall–Kier alpha value is -3.25. The number of nitrogens with one attached hydrogen (secondary N) is 2. The fraction of sp³-hybridized carbons (Fsp3) is 0.182. The van der Waals surface area contributed by atoms with Crippen LogP contribution < -0.4 is 5.32 Å². The molecule has 0 aromatic heterocycles. The number of benzene rings is 2. The van der Waals surface area contributed by atoms with Gasteiger partial charge >= 0.3 is 5.97 Å². The standard InChI is InChI=1S/C22H23ClN2O4/c1-15-4-5-16(12-19(15)20(14-27-2)22(26)28-3)13-29-21(24)10-11-25-18-8-6-17(23)7-9-18/h4-12,14,24-25H,13H2,1-3H3/b11-10-,20-14+,24-21?. The smallest absolute Gasteiger partial charge is 0.341 e. The summed E-state index contributed by atoms with van der Waals surface area (Å²) in [6.07, 6.45) is 4.48. The lowest BCUT2D eigenvalue weighted by Crippen LogP contribution is -2.07. The number of aryl methyl sites for hydroxylation is 1. The van der Waals surface area contributed by atoms with Crippen molar-refractivity contribution in [1.82, 2.24) is 0 Å². The largest absolute Gasteiger partial charge is 0.503 e. The maximum Gasteiger partial charge on any atom is 0.341 e. The number of carbonyl (C=O) groups excluding carboxylic acids is 1. The first-order valence-corrected chi connectivity index (χ1v) is 9.13. The third-order valence-corrected chi connectivity index (χ3v) is 4.21. The Labute approximate surface area is 175 Å². The Bertz CT molecular complexity index is 921. The zero-order chi connectivity index (χ0) is 21.2. The minimum Gasteiger partial charge on any atom is -0.503 e. The molecule has 2 N–H and O–H groups in total. The van der Waals surface area contributed by atoms with Gasteiger partial charge in [0.2, 0.25) is 5.90 Å². The van der Waals surface area contributed by atoms with Gasteiger partial charge in [0, 0.05) is 23.0 Å². The molecule has 0 spiro atoms. The average Bonchev–Trinajstić information content (AvgIpc) is 2.72. The molecule has 0 unspecified atom stereocenters. The fourth-order valence-electron chi connectivity index (χ4n) is 2.47. The van der Waals surface area contributed by atoms with Crippen LogP contribution in [0.1, 0.15) is 16.7 Å². The molecule has 6 nitrogen and oxygen atoms in total. The molecule has 2 aromatic rings. The number of methoxy groups -OCH3 is 2. The maximum absolute atomic E-state index is 12.0. The number of rotatable bonds is 8. The SMILES string of the molecule is CO/C=C(/C(=O)OC)c1cc(COC(=N)/C=C\Nc2ccc(Cl)cc2)ccc1C. The number of anilines is 1. The predicted molar refractivity (Wildman–Crippen MR) is 115 cm³/mol. The van der Waals surface area contributed by atoms with Crippen LogP contribution in [0.3, 0.4) is 0 Å². The molecule has 0 saturated heterocycles. The first kappa shape index (κ1) is 22.0. The van der Waals surface area contributed by atoms with Crippen LogP contribution in [0.5, 0.6) is 0 Å².